The fraction of sp³-hybridized carbons (Fsp3) is 0.600. The van der Waals surface area contributed by atoms with Crippen molar-refractivity contribution in [3.05, 3.63) is 35.9 Å². The minimum atomic E-state index is -3.18. The second-order valence-corrected chi connectivity index (χ2v) is 7.52. The number of hydrogen-bond donors (Lipinski definition) is 1. The summed E-state index contributed by atoms with van der Waals surface area (Å²) >= 11 is 0. The van der Waals surface area contributed by atoms with Crippen LogP contribution in [0.15, 0.2) is 30.3 Å². The van der Waals surface area contributed by atoms with Crippen molar-refractivity contribution in [2.24, 2.45) is 5.92 Å². The second-order valence-electron chi connectivity index (χ2n) is 5.43. The number of piperidine rings is 1. The van der Waals surface area contributed by atoms with Crippen molar-refractivity contribution in [1.82, 2.24) is 4.31 Å². The Morgan fingerprint density at radius 1 is 1.25 bits per heavy atom. The maximum Gasteiger partial charge on any atom is 0.214 e. The number of aliphatic hydroxyl groups excluding tert-OH is 1. The van der Waals surface area contributed by atoms with Crippen LogP contribution < -0.4 is 0 Å². The number of aliphatic hydroxyl groups is 1. The molecular formula is C15H23NO3S. The van der Waals surface area contributed by atoms with Crippen LogP contribution in [0, 0.1) is 5.92 Å². The lowest BCUT2D eigenvalue weighted by molar-refractivity contribution is 0.203. The SMILES string of the molecule is O=S(=O)(CCc1ccccc1)N1CCCC(CCO)C1. The smallest absolute Gasteiger partial charge is 0.214 e. The summed E-state index contributed by atoms with van der Waals surface area (Å²) in [4.78, 5) is 0. The molecule has 1 saturated heterocycles. The highest BCUT2D eigenvalue weighted by Gasteiger charge is 2.28. The summed E-state index contributed by atoms with van der Waals surface area (Å²) < 4.78 is 26.4. The van der Waals surface area contributed by atoms with E-state index in [0.29, 0.717) is 31.8 Å². The molecule has 1 aliphatic heterocycles. The molecule has 0 saturated carbocycles. The number of benzene rings is 1. The molecule has 20 heavy (non-hydrogen) atoms. The third-order valence-electron chi connectivity index (χ3n) is 3.90. The molecule has 0 radical (unpaired) electrons. The molecule has 4 nitrogen and oxygen atoms in total. The molecule has 1 aromatic rings. The van der Waals surface area contributed by atoms with E-state index in [0.717, 1.165) is 18.4 Å². The quantitative estimate of drug-likeness (QED) is 0.868. The molecule has 0 amide bonds. The fourth-order valence-corrected chi connectivity index (χ4v) is 4.32. The van der Waals surface area contributed by atoms with Crippen molar-refractivity contribution >= 4 is 10.0 Å². The lowest BCUT2D eigenvalue weighted by atomic mass is 9.97. The molecule has 0 aromatic heterocycles. The predicted octanol–water partition coefficient (Wildman–Crippen LogP) is 1.65. The highest BCUT2D eigenvalue weighted by atomic mass is 32.2. The van der Waals surface area contributed by atoms with Crippen LogP contribution in [0.5, 0.6) is 0 Å². The van der Waals surface area contributed by atoms with Gasteiger partial charge in [0.05, 0.1) is 5.75 Å². The zero-order valence-corrected chi connectivity index (χ0v) is 12.6. The first-order valence-electron chi connectivity index (χ1n) is 7.24. The van der Waals surface area contributed by atoms with Gasteiger partial charge in [0.2, 0.25) is 10.0 Å². The number of sulfonamides is 1. The summed E-state index contributed by atoms with van der Waals surface area (Å²) in [5.41, 5.74) is 1.06. The third-order valence-corrected chi connectivity index (χ3v) is 5.74. The van der Waals surface area contributed by atoms with Crippen LogP contribution >= 0.6 is 0 Å². The van der Waals surface area contributed by atoms with Crippen LogP contribution in [0.1, 0.15) is 24.8 Å². The van der Waals surface area contributed by atoms with Gasteiger partial charge in [-0.3, -0.25) is 0 Å². The van der Waals surface area contributed by atoms with Crippen molar-refractivity contribution in [3.8, 4) is 0 Å². The Balaban J connectivity index is 1.92. The number of hydrogen-bond acceptors (Lipinski definition) is 3. The first-order valence-corrected chi connectivity index (χ1v) is 8.85. The van der Waals surface area contributed by atoms with Crippen molar-refractivity contribution in [1.29, 1.82) is 0 Å². The molecule has 1 N–H and O–H groups in total. The van der Waals surface area contributed by atoms with E-state index in [1.165, 1.54) is 0 Å². The number of rotatable bonds is 6. The van der Waals surface area contributed by atoms with Crippen molar-refractivity contribution < 1.29 is 13.5 Å². The minimum Gasteiger partial charge on any atom is -0.396 e. The summed E-state index contributed by atoms with van der Waals surface area (Å²) in [6.07, 6.45) is 3.18. The van der Waals surface area contributed by atoms with Gasteiger partial charge < -0.3 is 5.11 Å². The first-order chi connectivity index (χ1) is 9.62. The molecule has 0 spiro atoms. The van der Waals surface area contributed by atoms with Crippen LogP contribution in [0.2, 0.25) is 0 Å². The minimum absolute atomic E-state index is 0.141. The van der Waals surface area contributed by atoms with Crippen molar-refractivity contribution in [2.75, 3.05) is 25.4 Å². The molecule has 0 bridgehead atoms. The maximum absolute atomic E-state index is 12.4. The Labute approximate surface area is 121 Å². The van der Waals surface area contributed by atoms with Gasteiger partial charge in [-0.1, -0.05) is 30.3 Å². The van der Waals surface area contributed by atoms with E-state index in [-0.39, 0.29) is 12.4 Å². The highest BCUT2D eigenvalue weighted by molar-refractivity contribution is 7.89. The van der Waals surface area contributed by atoms with Crippen LogP contribution in [0.3, 0.4) is 0 Å². The predicted molar refractivity (Wildman–Crippen MR) is 79.9 cm³/mol. The van der Waals surface area contributed by atoms with E-state index in [1.807, 2.05) is 30.3 Å². The molecule has 1 aliphatic rings. The molecule has 1 atom stereocenters. The molecule has 112 valence electrons. The Morgan fingerprint density at radius 3 is 2.70 bits per heavy atom. The van der Waals surface area contributed by atoms with Gasteiger partial charge in [-0.15, -0.1) is 0 Å². The van der Waals surface area contributed by atoms with E-state index < -0.39 is 10.0 Å². The normalized spacial score (nSPS) is 20.9. The lowest BCUT2D eigenvalue weighted by Crippen LogP contribution is -2.41. The van der Waals surface area contributed by atoms with Gasteiger partial charge in [0.25, 0.3) is 0 Å². The fourth-order valence-electron chi connectivity index (χ4n) is 2.72. The molecule has 1 aromatic carbocycles. The summed E-state index contributed by atoms with van der Waals surface area (Å²) in [5.74, 6) is 0.475. The van der Waals surface area contributed by atoms with Crippen molar-refractivity contribution in [3.63, 3.8) is 0 Å². The zero-order chi connectivity index (χ0) is 14.4. The number of aryl methyl sites for hydroxylation is 1. The Bertz CT molecular complexity index is 499. The monoisotopic (exact) mass is 297 g/mol. The van der Waals surface area contributed by atoms with Gasteiger partial charge in [-0.2, -0.15) is 0 Å². The first kappa shape index (κ1) is 15.5. The maximum atomic E-state index is 12.4. The molecule has 0 aliphatic carbocycles. The summed E-state index contributed by atoms with van der Waals surface area (Å²) in [6.45, 7) is 1.33. The van der Waals surface area contributed by atoms with Crippen LogP contribution in [0.4, 0.5) is 0 Å². The molecule has 1 heterocycles. The lowest BCUT2D eigenvalue weighted by Gasteiger charge is -2.31. The van der Waals surface area contributed by atoms with Gasteiger partial charge in [-0.05, 0) is 37.2 Å². The molecular weight excluding hydrogens is 274 g/mol. The molecule has 1 unspecified atom stereocenters. The highest BCUT2D eigenvalue weighted by Crippen LogP contribution is 2.22. The van der Waals surface area contributed by atoms with E-state index in [9.17, 15) is 8.42 Å². The number of nitrogens with zero attached hydrogens (tertiary/aromatic N) is 1. The third kappa shape index (κ3) is 4.30. The zero-order valence-electron chi connectivity index (χ0n) is 11.7. The average Bonchev–Trinajstić information content (AvgIpc) is 2.47. The summed E-state index contributed by atoms with van der Waals surface area (Å²) in [7, 11) is -3.18. The van der Waals surface area contributed by atoms with Gasteiger partial charge in [-0.25, -0.2) is 12.7 Å². The van der Waals surface area contributed by atoms with E-state index >= 15 is 0 Å². The van der Waals surface area contributed by atoms with E-state index in [4.69, 9.17) is 5.11 Å². The van der Waals surface area contributed by atoms with Crippen molar-refractivity contribution in [2.45, 2.75) is 25.7 Å². The van der Waals surface area contributed by atoms with E-state index in [2.05, 4.69) is 0 Å². The van der Waals surface area contributed by atoms with Gasteiger partial charge >= 0.3 is 0 Å². The van der Waals surface area contributed by atoms with Crippen LogP contribution in [0.25, 0.3) is 0 Å². The molecule has 1 fully saturated rings. The topological polar surface area (TPSA) is 57.6 Å². The summed E-state index contributed by atoms with van der Waals surface area (Å²) in [5, 5.41) is 8.99. The van der Waals surface area contributed by atoms with E-state index in [1.54, 1.807) is 4.31 Å². The molecule has 5 heteroatoms. The Hall–Kier alpha value is -0.910. The average molecular weight is 297 g/mol. The molecule has 2 rings (SSSR count). The van der Waals surface area contributed by atoms with Crippen LogP contribution in [-0.4, -0.2) is 43.3 Å². The van der Waals surface area contributed by atoms with Gasteiger partial charge in [0.15, 0.2) is 0 Å². The standard InChI is InChI=1S/C15H23NO3S/c17-11-8-15-7-4-10-16(13-15)20(18,19)12-9-14-5-2-1-3-6-14/h1-3,5-6,15,17H,4,7-13H2. The van der Waals surface area contributed by atoms with Crippen LogP contribution in [-0.2, 0) is 16.4 Å². The summed E-state index contributed by atoms with van der Waals surface area (Å²) in [6, 6.07) is 9.71. The Kier molecular flexibility index (Phi) is 5.57. The largest absolute Gasteiger partial charge is 0.396 e. The second kappa shape index (κ2) is 7.20. The van der Waals surface area contributed by atoms with Gasteiger partial charge in [0, 0.05) is 19.7 Å². The Morgan fingerprint density at radius 2 is 2.00 bits per heavy atom. The van der Waals surface area contributed by atoms with Gasteiger partial charge in [0.1, 0.15) is 0 Å².